The number of carbonyl (C=O) groups is 1. The second kappa shape index (κ2) is 6.68. The molecule has 0 saturated heterocycles. The van der Waals surface area contributed by atoms with Gasteiger partial charge in [0.05, 0.1) is 5.56 Å². The molecule has 0 N–H and O–H groups in total. The van der Waals surface area contributed by atoms with Crippen LogP contribution in [0.2, 0.25) is 0 Å². The summed E-state index contributed by atoms with van der Waals surface area (Å²) in [6.07, 6.45) is -3.33. The van der Waals surface area contributed by atoms with E-state index >= 15 is 0 Å². The third-order valence-electron chi connectivity index (χ3n) is 2.89. The van der Waals surface area contributed by atoms with Gasteiger partial charge in [0, 0.05) is 12.3 Å². The quantitative estimate of drug-likeness (QED) is 0.633. The van der Waals surface area contributed by atoms with Gasteiger partial charge in [-0.05, 0) is 31.5 Å². The van der Waals surface area contributed by atoms with Gasteiger partial charge in [0.1, 0.15) is 5.75 Å². The van der Waals surface area contributed by atoms with Gasteiger partial charge in [0.25, 0.3) is 0 Å². The fraction of sp³-hybridized carbons (Fsp3) is 0.250. The van der Waals surface area contributed by atoms with Crippen LogP contribution in [0.1, 0.15) is 21.5 Å². The highest BCUT2D eigenvalue weighted by atomic mass is 19.4. The van der Waals surface area contributed by atoms with E-state index in [4.69, 9.17) is 4.74 Å². The molecule has 23 heavy (non-hydrogen) atoms. The second-order valence-electron chi connectivity index (χ2n) is 4.95. The Kier molecular flexibility index (Phi) is 4.88. The standard InChI is InChI=1S/C16H14F3NO3/c1-10-3-5-13(11(2)7-10)23-15(21)12-4-6-14(20-8-12)22-9-16(17,18)19/h3-8H,9H2,1-2H3. The van der Waals surface area contributed by atoms with Gasteiger partial charge in [-0.3, -0.25) is 0 Å². The lowest BCUT2D eigenvalue weighted by Gasteiger charge is -2.09. The molecule has 122 valence electrons. The Balaban J connectivity index is 2.02. The van der Waals surface area contributed by atoms with Crippen LogP contribution in [0.4, 0.5) is 13.2 Å². The van der Waals surface area contributed by atoms with Crippen LogP contribution in [0.3, 0.4) is 0 Å². The fourth-order valence-corrected chi connectivity index (χ4v) is 1.81. The summed E-state index contributed by atoms with van der Waals surface area (Å²) >= 11 is 0. The number of hydrogen-bond acceptors (Lipinski definition) is 4. The van der Waals surface area contributed by atoms with Gasteiger partial charge in [0.15, 0.2) is 6.61 Å². The van der Waals surface area contributed by atoms with Crippen LogP contribution in [-0.2, 0) is 0 Å². The monoisotopic (exact) mass is 325 g/mol. The van der Waals surface area contributed by atoms with Gasteiger partial charge in [0.2, 0.25) is 5.88 Å². The average molecular weight is 325 g/mol. The number of pyridine rings is 1. The molecule has 7 heteroatoms. The molecular formula is C16H14F3NO3. The average Bonchev–Trinajstić information content (AvgIpc) is 2.48. The third kappa shape index (κ3) is 4.98. The Bertz CT molecular complexity index is 697. The molecule has 4 nitrogen and oxygen atoms in total. The van der Waals surface area contributed by atoms with E-state index in [-0.39, 0.29) is 11.4 Å². The minimum atomic E-state index is -4.44. The van der Waals surface area contributed by atoms with E-state index in [2.05, 4.69) is 9.72 Å². The molecule has 1 aromatic carbocycles. The maximum absolute atomic E-state index is 12.0. The maximum Gasteiger partial charge on any atom is 0.422 e. The van der Waals surface area contributed by atoms with Crippen LogP contribution in [0.25, 0.3) is 0 Å². The number of carbonyl (C=O) groups excluding carboxylic acids is 1. The number of esters is 1. The zero-order chi connectivity index (χ0) is 17.0. The number of rotatable bonds is 4. The van der Waals surface area contributed by atoms with Crippen LogP contribution in [0.5, 0.6) is 11.6 Å². The van der Waals surface area contributed by atoms with Crippen molar-refractivity contribution < 1.29 is 27.4 Å². The molecule has 0 amide bonds. The van der Waals surface area contributed by atoms with E-state index in [0.717, 1.165) is 17.3 Å². The van der Waals surface area contributed by atoms with Crippen LogP contribution < -0.4 is 9.47 Å². The number of aryl methyl sites for hydroxylation is 2. The molecule has 0 aliphatic carbocycles. The van der Waals surface area contributed by atoms with Gasteiger partial charge in [-0.1, -0.05) is 17.7 Å². The zero-order valence-electron chi connectivity index (χ0n) is 12.5. The SMILES string of the molecule is Cc1ccc(OC(=O)c2ccc(OCC(F)(F)F)nc2)c(C)c1. The van der Waals surface area contributed by atoms with E-state index in [9.17, 15) is 18.0 Å². The van der Waals surface area contributed by atoms with E-state index in [0.29, 0.717) is 5.75 Å². The first-order valence-corrected chi connectivity index (χ1v) is 6.69. The molecule has 0 unspecified atom stereocenters. The summed E-state index contributed by atoms with van der Waals surface area (Å²) in [7, 11) is 0. The second-order valence-corrected chi connectivity index (χ2v) is 4.95. The molecule has 1 heterocycles. The maximum atomic E-state index is 12.0. The van der Waals surface area contributed by atoms with Crippen molar-refractivity contribution in [3.8, 4) is 11.6 Å². The summed E-state index contributed by atoms with van der Waals surface area (Å²) in [6, 6.07) is 7.84. The van der Waals surface area contributed by atoms with Crippen LogP contribution >= 0.6 is 0 Å². The molecular weight excluding hydrogens is 311 g/mol. The Labute approximate surface area is 130 Å². The van der Waals surface area contributed by atoms with Gasteiger partial charge in [-0.25, -0.2) is 9.78 Å². The first kappa shape index (κ1) is 16.8. The summed E-state index contributed by atoms with van der Waals surface area (Å²) in [5.74, 6) is -0.449. The Morgan fingerprint density at radius 2 is 1.91 bits per heavy atom. The molecule has 0 aliphatic rings. The Morgan fingerprint density at radius 1 is 1.17 bits per heavy atom. The van der Waals surface area contributed by atoms with Crippen molar-refractivity contribution in [1.82, 2.24) is 4.98 Å². The molecule has 0 aliphatic heterocycles. The van der Waals surface area contributed by atoms with Gasteiger partial charge < -0.3 is 9.47 Å². The summed E-state index contributed by atoms with van der Waals surface area (Å²) in [5, 5.41) is 0. The summed E-state index contributed by atoms with van der Waals surface area (Å²) in [5.41, 5.74) is 1.95. The Morgan fingerprint density at radius 3 is 2.48 bits per heavy atom. The van der Waals surface area contributed by atoms with Crippen molar-refractivity contribution in [1.29, 1.82) is 0 Å². The molecule has 1 aromatic heterocycles. The number of aromatic nitrogens is 1. The number of alkyl halides is 3. The van der Waals surface area contributed by atoms with Crippen molar-refractivity contribution in [3.05, 3.63) is 53.2 Å². The van der Waals surface area contributed by atoms with Gasteiger partial charge >= 0.3 is 12.1 Å². The summed E-state index contributed by atoms with van der Waals surface area (Å²) in [6.45, 7) is 2.29. The van der Waals surface area contributed by atoms with Crippen LogP contribution in [0, 0.1) is 13.8 Å². The minimum Gasteiger partial charge on any atom is -0.468 e. The lowest BCUT2D eigenvalue weighted by Crippen LogP contribution is -2.19. The number of hydrogen-bond donors (Lipinski definition) is 0. The molecule has 0 saturated carbocycles. The van der Waals surface area contributed by atoms with E-state index in [1.54, 1.807) is 6.07 Å². The van der Waals surface area contributed by atoms with Crippen molar-refractivity contribution in [2.24, 2.45) is 0 Å². The third-order valence-corrected chi connectivity index (χ3v) is 2.89. The number of benzene rings is 1. The summed E-state index contributed by atoms with van der Waals surface area (Å²) < 4.78 is 45.8. The van der Waals surface area contributed by atoms with Crippen molar-refractivity contribution in [2.45, 2.75) is 20.0 Å². The number of ether oxygens (including phenoxy) is 2. The van der Waals surface area contributed by atoms with Gasteiger partial charge in [-0.2, -0.15) is 13.2 Å². The Hall–Kier alpha value is -2.57. The zero-order valence-corrected chi connectivity index (χ0v) is 12.5. The molecule has 0 radical (unpaired) electrons. The minimum absolute atomic E-state index is 0.115. The van der Waals surface area contributed by atoms with Gasteiger partial charge in [-0.15, -0.1) is 0 Å². The van der Waals surface area contributed by atoms with Crippen LogP contribution in [0.15, 0.2) is 36.5 Å². The first-order valence-electron chi connectivity index (χ1n) is 6.69. The van der Waals surface area contributed by atoms with Crippen molar-refractivity contribution in [3.63, 3.8) is 0 Å². The molecule has 2 aromatic rings. The predicted molar refractivity (Wildman–Crippen MR) is 76.7 cm³/mol. The number of halogens is 3. The van der Waals surface area contributed by atoms with Crippen molar-refractivity contribution in [2.75, 3.05) is 6.61 Å². The van der Waals surface area contributed by atoms with E-state index < -0.39 is 18.8 Å². The summed E-state index contributed by atoms with van der Waals surface area (Å²) in [4.78, 5) is 15.7. The highest BCUT2D eigenvalue weighted by molar-refractivity contribution is 5.90. The van der Waals surface area contributed by atoms with E-state index in [1.807, 2.05) is 26.0 Å². The molecule has 0 spiro atoms. The highest BCUT2D eigenvalue weighted by Gasteiger charge is 2.28. The number of nitrogens with zero attached hydrogens (tertiary/aromatic N) is 1. The molecule has 0 fully saturated rings. The molecule has 2 rings (SSSR count). The van der Waals surface area contributed by atoms with E-state index in [1.165, 1.54) is 12.1 Å². The fourth-order valence-electron chi connectivity index (χ4n) is 1.81. The smallest absolute Gasteiger partial charge is 0.422 e. The lowest BCUT2D eigenvalue weighted by atomic mass is 10.1. The highest BCUT2D eigenvalue weighted by Crippen LogP contribution is 2.21. The van der Waals surface area contributed by atoms with Crippen molar-refractivity contribution >= 4 is 5.97 Å². The molecule has 0 atom stereocenters. The first-order chi connectivity index (χ1) is 10.7. The van der Waals surface area contributed by atoms with Crippen LogP contribution in [-0.4, -0.2) is 23.7 Å². The lowest BCUT2D eigenvalue weighted by molar-refractivity contribution is -0.154. The predicted octanol–water partition coefficient (Wildman–Crippen LogP) is 3.86. The normalized spacial score (nSPS) is 11.2. The topological polar surface area (TPSA) is 48.4 Å². The largest absolute Gasteiger partial charge is 0.468 e. The molecule has 0 bridgehead atoms.